The van der Waals surface area contributed by atoms with Crippen LogP contribution in [0.15, 0.2) is 29.2 Å². The molecule has 0 aliphatic carbocycles. The molecule has 6 heteroatoms. The van der Waals surface area contributed by atoms with Crippen molar-refractivity contribution in [2.75, 3.05) is 26.3 Å². The Morgan fingerprint density at radius 2 is 1.90 bits per heavy atom. The van der Waals surface area contributed by atoms with E-state index in [1.807, 2.05) is 0 Å². The summed E-state index contributed by atoms with van der Waals surface area (Å²) in [6.45, 7) is 1.75. The summed E-state index contributed by atoms with van der Waals surface area (Å²) in [5.41, 5.74) is 0.400. The Balaban J connectivity index is 3.22. The van der Waals surface area contributed by atoms with E-state index in [0.29, 0.717) is 12.0 Å². The van der Waals surface area contributed by atoms with Crippen LogP contribution in [0.1, 0.15) is 18.9 Å². The number of aliphatic hydroxyl groups excluding tert-OH is 2. The molecule has 0 amide bonds. The third kappa shape index (κ3) is 4.05. The molecule has 0 unspecified atom stereocenters. The van der Waals surface area contributed by atoms with Crippen molar-refractivity contribution >= 4 is 10.0 Å². The topological polar surface area (TPSA) is 77.8 Å². The highest BCUT2D eigenvalue weighted by Crippen LogP contribution is 2.19. The summed E-state index contributed by atoms with van der Waals surface area (Å²) in [7, 11) is -3.67. The smallest absolute Gasteiger partial charge is 0.244 e. The van der Waals surface area contributed by atoms with Crippen LogP contribution in [0.3, 0.4) is 0 Å². The molecule has 0 aliphatic rings. The number of hydrogen-bond donors (Lipinski definition) is 2. The lowest BCUT2D eigenvalue weighted by atomic mass is 10.2. The molecule has 0 aromatic heterocycles. The van der Waals surface area contributed by atoms with E-state index in [4.69, 9.17) is 10.2 Å². The Morgan fingerprint density at radius 3 is 2.50 bits per heavy atom. The van der Waals surface area contributed by atoms with Crippen molar-refractivity contribution in [3.8, 4) is 11.8 Å². The zero-order valence-electron chi connectivity index (χ0n) is 11.4. The quantitative estimate of drug-likeness (QED) is 0.746. The summed E-state index contributed by atoms with van der Waals surface area (Å²) in [5, 5.41) is 17.7. The third-order valence-electron chi connectivity index (χ3n) is 2.67. The number of benzene rings is 1. The lowest BCUT2D eigenvalue weighted by Crippen LogP contribution is -2.33. The van der Waals surface area contributed by atoms with Gasteiger partial charge >= 0.3 is 0 Å². The summed E-state index contributed by atoms with van der Waals surface area (Å²) in [6, 6.07) is 6.48. The van der Waals surface area contributed by atoms with E-state index in [0.717, 1.165) is 0 Å². The Kier molecular flexibility index (Phi) is 6.68. The normalized spacial score (nSPS) is 11.2. The van der Waals surface area contributed by atoms with Crippen LogP contribution in [0.4, 0.5) is 0 Å². The van der Waals surface area contributed by atoms with Crippen molar-refractivity contribution in [3.63, 3.8) is 0 Å². The van der Waals surface area contributed by atoms with Crippen molar-refractivity contribution in [1.82, 2.24) is 4.31 Å². The number of sulfonamides is 1. The van der Waals surface area contributed by atoms with Crippen molar-refractivity contribution in [3.05, 3.63) is 29.8 Å². The first-order valence-electron chi connectivity index (χ1n) is 6.37. The Labute approximate surface area is 119 Å². The fourth-order valence-electron chi connectivity index (χ4n) is 1.71. The average Bonchev–Trinajstić information content (AvgIpc) is 2.45. The molecular formula is C14H19NO4S. The molecule has 0 fully saturated rings. The minimum absolute atomic E-state index is 0.0528. The lowest BCUT2D eigenvalue weighted by molar-refractivity contribution is 0.257. The molecule has 0 radical (unpaired) electrons. The number of hydrogen-bond acceptors (Lipinski definition) is 4. The van der Waals surface area contributed by atoms with Crippen LogP contribution in [0, 0.1) is 11.8 Å². The number of likely N-dealkylation sites (N-methyl/N-ethyl adjacent to an activating group) is 1. The molecule has 0 saturated carbocycles. The lowest BCUT2D eigenvalue weighted by Gasteiger charge is -2.20. The van der Waals surface area contributed by atoms with E-state index in [1.165, 1.54) is 10.4 Å². The van der Waals surface area contributed by atoms with Gasteiger partial charge < -0.3 is 10.2 Å². The van der Waals surface area contributed by atoms with Gasteiger partial charge in [-0.05, 0) is 12.1 Å². The second kappa shape index (κ2) is 8.02. The van der Waals surface area contributed by atoms with E-state index >= 15 is 0 Å². The number of aliphatic hydroxyl groups is 2. The van der Waals surface area contributed by atoms with Gasteiger partial charge in [-0.1, -0.05) is 30.9 Å². The van der Waals surface area contributed by atoms with E-state index < -0.39 is 10.0 Å². The first-order valence-corrected chi connectivity index (χ1v) is 7.81. The van der Waals surface area contributed by atoms with Gasteiger partial charge in [0.05, 0.1) is 18.1 Å². The molecule has 1 aromatic rings. The molecule has 0 saturated heterocycles. The van der Waals surface area contributed by atoms with Crippen LogP contribution in [-0.2, 0) is 10.0 Å². The maximum Gasteiger partial charge on any atom is 0.244 e. The summed E-state index contributed by atoms with van der Waals surface area (Å²) in [6.07, 6.45) is 0.294. The molecule has 0 bridgehead atoms. The van der Waals surface area contributed by atoms with Gasteiger partial charge in [-0.25, -0.2) is 8.42 Å². The minimum Gasteiger partial charge on any atom is -0.395 e. The number of nitrogens with zero attached hydrogens (tertiary/aromatic N) is 1. The molecule has 2 N–H and O–H groups in total. The molecule has 1 aromatic carbocycles. The second-order valence-electron chi connectivity index (χ2n) is 3.99. The van der Waals surface area contributed by atoms with Gasteiger partial charge in [0.25, 0.3) is 0 Å². The van der Waals surface area contributed by atoms with E-state index in [-0.39, 0.29) is 31.2 Å². The Hall–Kier alpha value is -1.39. The van der Waals surface area contributed by atoms with E-state index in [2.05, 4.69) is 11.8 Å². The van der Waals surface area contributed by atoms with Crippen molar-refractivity contribution < 1.29 is 18.6 Å². The van der Waals surface area contributed by atoms with Gasteiger partial charge in [-0.15, -0.1) is 0 Å². The summed E-state index contributed by atoms with van der Waals surface area (Å²) in [4.78, 5) is 0.126. The predicted octanol–water partition coefficient (Wildman–Crippen LogP) is 0.423. The van der Waals surface area contributed by atoms with Crippen LogP contribution in [0.25, 0.3) is 0 Å². The fourth-order valence-corrected chi connectivity index (χ4v) is 3.29. The highest BCUT2D eigenvalue weighted by molar-refractivity contribution is 7.89. The monoisotopic (exact) mass is 297 g/mol. The Bertz CT molecular complexity index is 587. The van der Waals surface area contributed by atoms with Crippen molar-refractivity contribution in [2.24, 2.45) is 0 Å². The van der Waals surface area contributed by atoms with Crippen LogP contribution in [-0.4, -0.2) is 49.2 Å². The van der Waals surface area contributed by atoms with E-state index in [9.17, 15) is 8.42 Å². The van der Waals surface area contributed by atoms with Crippen molar-refractivity contribution in [1.29, 1.82) is 0 Å². The van der Waals surface area contributed by atoms with Gasteiger partial charge in [-0.3, -0.25) is 0 Å². The predicted molar refractivity (Wildman–Crippen MR) is 76.5 cm³/mol. The third-order valence-corrected chi connectivity index (χ3v) is 4.70. The molecule has 110 valence electrons. The highest BCUT2D eigenvalue weighted by atomic mass is 32.2. The van der Waals surface area contributed by atoms with Gasteiger partial charge in [0.1, 0.15) is 0 Å². The van der Waals surface area contributed by atoms with Gasteiger partial charge in [0.15, 0.2) is 0 Å². The maximum absolute atomic E-state index is 12.5. The van der Waals surface area contributed by atoms with Crippen LogP contribution in [0.2, 0.25) is 0 Å². The minimum atomic E-state index is -3.67. The zero-order chi connectivity index (χ0) is 15.0. The molecule has 5 nitrogen and oxygen atoms in total. The maximum atomic E-state index is 12.5. The van der Waals surface area contributed by atoms with Crippen LogP contribution >= 0.6 is 0 Å². The molecule has 0 aliphatic heterocycles. The molecule has 1 rings (SSSR count). The first kappa shape index (κ1) is 16.7. The van der Waals surface area contributed by atoms with Crippen LogP contribution < -0.4 is 0 Å². The van der Waals surface area contributed by atoms with Crippen molar-refractivity contribution in [2.45, 2.75) is 18.2 Å². The Morgan fingerprint density at radius 1 is 1.20 bits per heavy atom. The van der Waals surface area contributed by atoms with E-state index in [1.54, 1.807) is 25.1 Å². The highest BCUT2D eigenvalue weighted by Gasteiger charge is 2.24. The van der Waals surface area contributed by atoms with Gasteiger partial charge in [-0.2, -0.15) is 4.31 Å². The molecule has 20 heavy (non-hydrogen) atoms. The first-order chi connectivity index (χ1) is 9.57. The molecular weight excluding hydrogens is 278 g/mol. The SMILES string of the molecule is CCN(CCO)S(=O)(=O)c1ccccc1C#CCCO. The standard InChI is InChI=1S/C14H19NO4S/c1-2-15(10-12-17)20(18,19)14-9-4-3-7-13(14)8-5-6-11-16/h3-4,7,9,16-17H,2,6,10-12H2,1H3. The summed E-state index contributed by atoms with van der Waals surface area (Å²) >= 11 is 0. The van der Waals surface area contributed by atoms with Gasteiger partial charge in [0, 0.05) is 25.1 Å². The number of rotatable bonds is 6. The molecule has 0 spiro atoms. The average molecular weight is 297 g/mol. The fraction of sp³-hybridized carbons (Fsp3) is 0.429. The molecule has 0 heterocycles. The zero-order valence-corrected chi connectivity index (χ0v) is 12.2. The summed E-state index contributed by atoms with van der Waals surface area (Å²) < 4.78 is 26.2. The van der Waals surface area contributed by atoms with Gasteiger partial charge in [0.2, 0.25) is 10.0 Å². The van der Waals surface area contributed by atoms with Crippen LogP contribution in [0.5, 0.6) is 0 Å². The largest absolute Gasteiger partial charge is 0.395 e. The molecule has 0 atom stereocenters. The second-order valence-corrected chi connectivity index (χ2v) is 5.90. The summed E-state index contributed by atoms with van der Waals surface area (Å²) in [5.74, 6) is 5.48.